The van der Waals surface area contributed by atoms with Crippen LogP contribution in [-0.4, -0.2) is 26.0 Å². The molecule has 0 amide bonds. The van der Waals surface area contributed by atoms with Crippen molar-refractivity contribution in [2.75, 3.05) is 12.3 Å². The molecule has 18 heavy (non-hydrogen) atoms. The Morgan fingerprint density at radius 3 is 2.72 bits per heavy atom. The fourth-order valence-corrected chi connectivity index (χ4v) is 4.48. The van der Waals surface area contributed by atoms with E-state index in [2.05, 4.69) is 5.32 Å². The summed E-state index contributed by atoms with van der Waals surface area (Å²) in [6.07, 6.45) is 0. The molecule has 1 N–H and O–H groups in total. The van der Waals surface area contributed by atoms with E-state index in [1.807, 2.05) is 25.1 Å². The van der Waals surface area contributed by atoms with E-state index in [0.717, 1.165) is 5.56 Å². The first-order valence-corrected chi connectivity index (χ1v) is 8.20. The Bertz CT molecular complexity index is 530. The Hall–Kier alpha value is -0.580. The summed E-state index contributed by atoms with van der Waals surface area (Å²) in [5, 5.41) is 3.55. The van der Waals surface area contributed by atoms with Crippen molar-refractivity contribution in [3.05, 3.63) is 34.9 Å². The van der Waals surface area contributed by atoms with E-state index >= 15 is 0 Å². The highest BCUT2D eigenvalue weighted by Gasteiger charge is 2.34. The molecule has 0 spiro atoms. The van der Waals surface area contributed by atoms with Gasteiger partial charge < -0.3 is 5.32 Å². The Labute approximate surface area is 113 Å². The molecule has 3 nitrogen and oxygen atoms in total. The first-order valence-electron chi connectivity index (χ1n) is 6.10. The Morgan fingerprint density at radius 2 is 2.06 bits per heavy atom. The molecule has 2 rings (SSSR count). The lowest BCUT2D eigenvalue weighted by atomic mass is 10.0. The van der Waals surface area contributed by atoms with Crippen LogP contribution < -0.4 is 5.32 Å². The maximum Gasteiger partial charge on any atom is 0.155 e. The van der Waals surface area contributed by atoms with Crippen LogP contribution in [0, 0.1) is 5.92 Å². The maximum absolute atomic E-state index is 12.2. The molecule has 100 valence electrons. The van der Waals surface area contributed by atoms with E-state index in [-0.39, 0.29) is 17.7 Å². The number of hydrogen-bond acceptors (Lipinski definition) is 3. The normalized spacial score (nSPS) is 31.8. The number of hydrogen-bond donors (Lipinski definition) is 1. The van der Waals surface area contributed by atoms with E-state index in [1.54, 1.807) is 13.0 Å². The number of nitrogens with one attached hydrogen (secondary N) is 1. The number of sulfone groups is 1. The number of rotatable bonds is 1. The molecule has 0 aliphatic carbocycles. The second-order valence-electron chi connectivity index (χ2n) is 5.08. The molecular formula is C13H18ClNO2S. The lowest BCUT2D eigenvalue weighted by molar-refractivity contribution is 0.487. The predicted octanol–water partition coefficient (Wildman–Crippen LogP) is 2.42. The van der Waals surface area contributed by atoms with E-state index in [1.165, 1.54) is 0 Å². The molecule has 1 fully saturated rings. The van der Waals surface area contributed by atoms with E-state index in [4.69, 9.17) is 11.6 Å². The minimum absolute atomic E-state index is 0.140. The van der Waals surface area contributed by atoms with Gasteiger partial charge in [0.1, 0.15) is 0 Å². The first-order chi connectivity index (χ1) is 8.40. The fourth-order valence-electron chi connectivity index (χ4n) is 2.40. The second kappa shape index (κ2) is 5.19. The zero-order valence-electron chi connectivity index (χ0n) is 10.6. The summed E-state index contributed by atoms with van der Waals surface area (Å²) in [4.78, 5) is 0. The van der Waals surface area contributed by atoms with E-state index < -0.39 is 15.1 Å². The van der Waals surface area contributed by atoms with Crippen LogP contribution in [0.2, 0.25) is 5.02 Å². The molecule has 3 unspecified atom stereocenters. The molecule has 5 heteroatoms. The van der Waals surface area contributed by atoms with Crippen molar-refractivity contribution in [2.45, 2.75) is 25.1 Å². The van der Waals surface area contributed by atoms with Gasteiger partial charge >= 0.3 is 0 Å². The third-order valence-corrected chi connectivity index (χ3v) is 6.12. The van der Waals surface area contributed by atoms with Crippen molar-refractivity contribution < 1.29 is 8.42 Å². The topological polar surface area (TPSA) is 46.2 Å². The summed E-state index contributed by atoms with van der Waals surface area (Å²) in [5.74, 6) is 0.389. The molecule has 1 aliphatic heterocycles. The predicted molar refractivity (Wildman–Crippen MR) is 74.6 cm³/mol. The average molecular weight is 288 g/mol. The van der Waals surface area contributed by atoms with Crippen LogP contribution >= 0.6 is 11.6 Å². The molecular weight excluding hydrogens is 270 g/mol. The van der Waals surface area contributed by atoms with Gasteiger partial charge in [-0.2, -0.15) is 0 Å². The third-order valence-electron chi connectivity index (χ3n) is 3.45. The minimum atomic E-state index is -3.06. The fraction of sp³-hybridized carbons (Fsp3) is 0.538. The number of halogens is 1. The molecule has 1 heterocycles. The molecule has 0 saturated carbocycles. The van der Waals surface area contributed by atoms with Gasteiger partial charge in [-0.1, -0.05) is 30.7 Å². The monoisotopic (exact) mass is 287 g/mol. The first kappa shape index (κ1) is 13.8. The summed E-state index contributed by atoms with van der Waals surface area (Å²) < 4.78 is 24.4. The molecule has 3 atom stereocenters. The van der Waals surface area contributed by atoms with Gasteiger partial charge in [0, 0.05) is 11.1 Å². The SMILES string of the molecule is CC1CNC(c2cccc(Cl)c2)C(C)S(=O)(=O)C1. The smallest absolute Gasteiger partial charge is 0.155 e. The Balaban J connectivity index is 2.37. The summed E-state index contributed by atoms with van der Waals surface area (Å²) in [6, 6.07) is 7.22. The van der Waals surface area contributed by atoms with Gasteiger partial charge in [0.25, 0.3) is 0 Å². The van der Waals surface area contributed by atoms with Gasteiger partial charge in [-0.3, -0.25) is 0 Å². The highest BCUT2D eigenvalue weighted by Crippen LogP contribution is 2.28. The second-order valence-corrected chi connectivity index (χ2v) is 7.92. The van der Waals surface area contributed by atoms with Crippen LogP contribution in [-0.2, 0) is 9.84 Å². The quantitative estimate of drug-likeness (QED) is 0.863. The summed E-state index contributed by atoms with van der Waals surface area (Å²) in [6.45, 7) is 4.43. The van der Waals surface area contributed by atoms with Gasteiger partial charge in [-0.05, 0) is 37.1 Å². The molecule has 1 aliphatic rings. The van der Waals surface area contributed by atoms with Crippen LogP contribution in [0.5, 0.6) is 0 Å². The van der Waals surface area contributed by atoms with Gasteiger partial charge in [0.15, 0.2) is 9.84 Å². The third kappa shape index (κ3) is 2.87. The highest BCUT2D eigenvalue weighted by molar-refractivity contribution is 7.92. The van der Waals surface area contributed by atoms with E-state index in [9.17, 15) is 8.42 Å². The van der Waals surface area contributed by atoms with Gasteiger partial charge in [-0.25, -0.2) is 8.42 Å². The van der Waals surface area contributed by atoms with Gasteiger partial charge in [-0.15, -0.1) is 0 Å². The van der Waals surface area contributed by atoms with Crippen molar-refractivity contribution in [1.82, 2.24) is 5.32 Å². The van der Waals surface area contributed by atoms with Crippen molar-refractivity contribution >= 4 is 21.4 Å². The van der Waals surface area contributed by atoms with Gasteiger partial charge in [0.05, 0.1) is 11.0 Å². The van der Waals surface area contributed by atoms with Crippen LogP contribution in [0.3, 0.4) is 0 Å². The minimum Gasteiger partial charge on any atom is -0.309 e. The largest absolute Gasteiger partial charge is 0.309 e. The molecule has 1 aromatic carbocycles. The van der Waals surface area contributed by atoms with Crippen molar-refractivity contribution in [2.24, 2.45) is 5.92 Å². The molecule has 0 radical (unpaired) electrons. The summed E-state index contributed by atoms with van der Waals surface area (Å²) >= 11 is 5.98. The van der Waals surface area contributed by atoms with Crippen LogP contribution in [0.1, 0.15) is 25.5 Å². The molecule has 0 bridgehead atoms. The zero-order valence-corrected chi connectivity index (χ0v) is 12.1. The van der Waals surface area contributed by atoms with Crippen LogP contribution in [0.15, 0.2) is 24.3 Å². The zero-order chi connectivity index (χ0) is 13.3. The van der Waals surface area contributed by atoms with E-state index in [0.29, 0.717) is 11.6 Å². The standard InChI is InChI=1S/C13H18ClNO2S/c1-9-7-15-13(10(2)18(16,17)8-9)11-4-3-5-12(14)6-11/h3-6,9-10,13,15H,7-8H2,1-2H3. The average Bonchev–Trinajstić information content (AvgIpc) is 2.37. The summed E-state index contributed by atoms with van der Waals surface area (Å²) in [7, 11) is -3.06. The maximum atomic E-state index is 12.2. The van der Waals surface area contributed by atoms with Gasteiger partial charge in [0.2, 0.25) is 0 Å². The Kier molecular flexibility index (Phi) is 3.99. The van der Waals surface area contributed by atoms with Crippen molar-refractivity contribution in [3.8, 4) is 0 Å². The van der Waals surface area contributed by atoms with Crippen LogP contribution in [0.4, 0.5) is 0 Å². The lowest BCUT2D eigenvalue weighted by Gasteiger charge is -2.22. The Morgan fingerprint density at radius 1 is 1.33 bits per heavy atom. The van der Waals surface area contributed by atoms with Crippen molar-refractivity contribution in [1.29, 1.82) is 0 Å². The lowest BCUT2D eigenvalue weighted by Crippen LogP contribution is -2.33. The summed E-state index contributed by atoms with van der Waals surface area (Å²) in [5.41, 5.74) is 0.938. The van der Waals surface area contributed by atoms with Crippen molar-refractivity contribution in [3.63, 3.8) is 0 Å². The van der Waals surface area contributed by atoms with Crippen LogP contribution in [0.25, 0.3) is 0 Å². The molecule has 1 aromatic rings. The highest BCUT2D eigenvalue weighted by atomic mass is 35.5. The molecule has 0 aromatic heterocycles. The molecule has 1 saturated heterocycles. The number of benzene rings is 1.